The summed E-state index contributed by atoms with van der Waals surface area (Å²) >= 11 is 5.97. The predicted octanol–water partition coefficient (Wildman–Crippen LogP) is 3.84. The zero-order valence-corrected chi connectivity index (χ0v) is 23.0. The van der Waals surface area contributed by atoms with Crippen molar-refractivity contribution in [2.45, 2.75) is 24.4 Å². The summed E-state index contributed by atoms with van der Waals surface area (Å²) in [6, 6.07) is 16.5. The molecule has 3 rings (SSSR count). The molecular formula is C27H29ClFN3O6S. The Morgan fingerprint density at radius 3 is 2.26 bits per heavy atom. The summed E-state index contributed by atoms with van der Waals surface area (Å²) in [5.74, 6) is -1.03. The van der Waals surface area contributed by atoms with E-state index in [9.17, 15) is 22.4 Å². The SMILES string of the molecule is COCCNC(=O)C(C)N(Cc1ccc(Cl)cc1)C(=O)COc1ccc(S(=O)(=O)Nc2ccc(F)cc2)cc1. The van der Waals surface area contributed by atoms with Gasteiger partial charge in [0.15, 0.2) is 6.61 Å². The molecule has 2 amide bonds. The van der Waals surface area contributed by atoms with Crippen molar-refractivity contribution in [2.75, 3.05) is 31.6 Å². The van der Waals surface area contributed by atoms with E-state index in [0.717, 1.165) is 17.7 Å². The Kier molecular flexibility index (Phi) is 10.7. The molecule has 1 unspecified atom stereocenters. The molecule has 2 N–H and O–H groups in total. The van der Waals surface area contributed by atoms with Crippen LogP contribution in [0.5, 0.6) is 5.75 Å². The van der Waals surface area contributed by atoms with Gasteiger partial charge in [0.2, 0.25) is 5.91 Å². The third kappa shape index (κ3) is 8.95. The van der Waals surface area contributed by atoms with E-state index in [1.54, 1.807) is 31.2 Å². The molecule has 9 nitrogen and oxygen atoms in total. The van der Waals surface area contributed by atoms with Gasteiger partial charge in [-0.15, -0.1) is 0 Å². The lowest BCUT2D eigenvalue weighted by atomic mass is 10.1. The van der Waals surface area contributed by atoms with Crippen LogP contribution in [0.25, 0.3) is 0 Å². The van der Waals surface area contributed by atoms with Gasteiger partial charge in [-0.3, -0.25) is 14.3 Å². The number of sulfonamides is 1. The lowest BCUT2D eigenvalue weighted by Crippen LogP contribution is -2.49. The molecule has 0 aliphatic carbocycles. The molecule has 0 bridgehead atoms. The topological polar surface area (TPSA) is 114 Å². The van der Waals surface area contributed by atoms with Crippen LogP contribution in [0.2, 0.25) is 5.02 Å². The zero-order valence-electron chi connectivity index (χ0n) is 21.4. The predicted molar refractivity (Wildman–Crippen MR) is 145 cm³/mol. The fourth-order valence-corrected chi connectivity index (χ4v) is 4.65. The molecule has 3 aromatic carbocycles. The highest BCUT2D eigenvalue weighted by atomic mass is 35.5. The molecule has 0 fully saturated rings. The molecule has 1 atom stereocenters. The van der Waals surface area contributed by atoms with Gasteiger partial charge in [0.1, 0.15) is 17.6 Å². The van der Waals surface area contributed by atoms with Gasteiger partial charge in [-0.1, -0.05) is 23.7 Å². The number of carbonyl (C=O) groups is 2. The fraction of sp³-hybridized carbons (Fsp3) is 0.259. The van der Waals surface area contributed by atoms with Gasteiger partial charge in [0.25, 0.3) is 15.9 Å². The van der Waals surface area contributed by atoms with Crippen LogP contribution in [0.1, 0.15) is 12.5 Å². The summed E-state index contributed by atoms with van der Waals surface area (Å²) in [5.41, 5.74) is 0.982. The number of hydrogen-bond acceptors (Lipinski definition) is 6. The Morgan fingerprint density at radius 1 is 1.00 bits per heavy atom. The molecule has 0 spiro atoms. The normalized spacial score (nSPS) is 11.9. The van der Waals surface area contributed by atoms with Gasteiger partial charge in [-0.25, -0.2) is 12.8 Å². The summed E-state index contributed by atoms with van der Waals surface area (Å²) in [5, 5.41) is 3.27. The molecule has 0 saturated carbocycles. The molecule has 3 aromatic rings. The van der Waals surface area contributed by atoms with Crippen molar-refractivity contribution in [3.8, 4) is 5.75 Å². The van der Waals surface area contributed by atoms with Gasteiger partial charge < -0.3 is 19.7 Å². The minimum atomic E-state index is -3.92. The number of amides is 2. The van der Waals surface area contributed by atoms with Crippen molar-refractivity contribution in [3.05, 3.63) is 89.2 Å². The van der Waals surface area contributed by atoms with Crippen molar-refractivity contribution in [2.24, 2.45) is 0 Å². The van der Waals surface area contributed by atoms with Crippen LogP contribution in [0, 0.1) is 5.82 Å². The van der Waals surface area contributed by atoms with Crippen molar-refractivity contribution in [1.82, 2.24) is 10.2 Å². The fourth-order valence-electron chi connectivity index (χ4n) is 3.47. The molecule has 0 saturated heterocycles. The maximum atomic E-state index is 13.2. The molecule has 0 aromatic heterocycles. The largest absolute Gasteiger partial charge is 0.484 e. The smallest absolute Gasteiger partial charge is 0.261 e. The van der Waals surface area contributed by atoms with E-state index >= 15 is 0 Å². The maximum Gasteiger partial charge on any atom is 0.261 e. The zero-order chi connectivity index (χ0) is 28.4. The number of anilines is 1. The molecule has 12 heteroatoms. The number of nitrogens with one attached hydrogen (secondary N) is 2. The Morgan fingerprint density at radius 2 is 1.64 bits per heavy atom. The quantitative estimate of drug-likeness (QED) is 0.298. The van der Waals surface area contributed by atoms with Crippen molar-refractivity contribution in [3.63, 3.8) is 0 Å². The molecule has 0 aliphatic heterocycles. The van der Waals surface area contributed by atoms with Gasteiger partial charge >= 0.3 is 0 Å². The monoisotopic (exact) mass is 577 g/mol. The molecule has 0 heterocycles. The third-order valence-electron chi connectivity index (χ3n) is 5.63. The van der Waals surface area contributed by atoms with Gasteiger partial charge in [-0.05, 0) is 73.2 Å². The van der Waals surface area contributed by atoms with Crippen LogP contribution >= 0.6 is 11.6 Å². The molecule has 0 aliphatic rings. The second-order valence-corrected chi connectivity index (χ2v) is 10.6. The van der Waals surface area contributed by atoms with Crippen molar-refractivity contribution >= 4 is 39.1 Å². The number of nitrogens with zero attached hydrogens (tertiary/aromatic N) is 1. The number of halogens is 2. The van der Waals surface area contributed by atoms with Crippen molar-refractivity contribution in [1.29, 1.82) is 0 Å². The number of benzene rings is 3. The van der Waals surface area contributed by atoms with Crippen LogP contribution in [0.3, 0.4) is 0 Å². The van der Waals surface area contributed by atoms with Crippen LogP contribution in [-0.4, -0.2) is 58.0 Å². The first-order valence-corrected chi connectivity index (χ1v) is 13.8. The summed E-state index contributed by atoms with van der Waals surface area (Å²) in [6.45, 7) is 2.00. The highest BCUT2D eigenvalue weighted by molar-refractivity contribution is 7.92. The Bertz CT molecular complexity index is 1350. The third-order valence-corrected chi connectivity index (χ3v) is 7.28. The molecule has 39 heavy (non-hydrogen) atoms. The van der Waals surface area contributed by atoms with E-state index in [0.29, 0.717) is 18.2 Å². The molecule has 0 radical (unpaired) electrons. The number of carbonyl (C=O) groups excluding carboxylic acids is 2. The van der Waals surface area contributed by atoms with Gasteiger partial charge in [-0.2, -0.15) is 0 Å². The maximum absolute atomic E-state index is 13.2. The summed E-state index contributed by atoms with van der Waals surface area (Å²) in [4.78, 5) is 27.2. The highest BCUT2D eigenvalue weighted by Crippen LogP contribution is 2.20. The van der Waals surface area contributed by atoms with Crippen molar-refractivity contribution < 1.29 is 31.9 Å². The number of hydrogen-bond donors (Lipinski definition) is 2. The average molecular weight is 578 g/mol. The van der Waals surface area contributed by atoms with E-state index in [-0.39, 0.29) is 35.4 Å². The Hall–Kier alpha value is -3.67. The van der Waals surface area contributed by atoms with Crippen LogP contribution in [0.15, 0.2) is 77.7 Å². The first-order chi connectivity index (χ1) is 18.6. The lowest BCUT2D eigenvalue weighted by Gasteiger charge is -2.28. The standard InChI is InChI=1S/C27H29ClFN3O6S/c1-19(27(34)30-15-16-37-2)32(17-20-3-5-21(28)6-4-20)26(33)18-38-24-11-13-25(14-12-24)39(35,36)31-23-9-7-22(29)8-10-23/h3-14,19,31H,15-18H2,1-2H3,(H,30,34). The number of rotatable bonds is 13. The van der Waals surface area contributed by atoms with E-state index in [1.807, 2.05) is 0 Å². The first-order valence-electron chi connectivity index (χ1n) is 11.9. The van der Waals surface area contributed by atoms with Gasteiger partial charge in [0, 0.05) is 30.9 Å². The minimum absolute atomic E-state index is 0.0452. The average Bonchev–Trinajstić information content (AvgIpc) is 2.92. The lowest BCUT2D eigenvalue weighted by molar-refractivity contribution is -0.142. The second kappa shape index (κ2) is 13.9. The summed E-state index contributed by atoms with van der Waals surface area (Å²) < 4.78 is 51.3. The van der Waals surface area contributed by atoms with E-state index < -0.39 is 27.8 Å². The Labute approximate surface area is 231 Å². The van der Waals surface area contributed by atoms with Crippen LogP contribution in [0.4, 0.5) is 10.1 Å². The van der Waals surface area contributed by atoms with Gasteiger partial charge in [0.05, 0.1) is 11.5 Å². The minimum Gasteiger partial charge on any atom is -0.484 e. The van der Waals surface area contributed by atoms with E-state index in [1.165, 1.54) is 48.4 Å². The molecule has 208 valence electrons. The van der Waals surface area contributed by atoms with Crippen LogP contribution < -0.4 is 14.8 Å². The molecular weight excluding hydrogens is 549 g/mol. The Balaban J connectivity index is 1.67. The van der Waals surface area contributed by atoms with E-state index in [2.05, 4.69) is 10.0 Å². The second-order valence-electron chi connectivity index (χ2n) is 8.48. The van der Waals surface area contributed by atoms with Crippen LogP contribution in [-0.2, 0) is 30.9 Å². The summed E-state index contributed by atoms with van der Waals surface area (Å²) in [7, 11) is -2.40. The first kappa shape index (κ1) is 29.9. The van der Waals surface area contributed by atoms with E-state index in [4.69, 9.17) is 21.1 Å². The highest BCUT2D eigenvalue weighted by Gasteiger charge is 2.26. The number of ether oxygens (including phenoxy) is 2. The number of methoxy groups -OCH3 is 1. The summed E-state index contributed by atoms with van der Waals surface area (Å²) in [6.07, 6.45) is 0.